The molecular weight excluding hydrogens is 308 g/mol. The van der Waals surface area contributed by atoms with Crippen LogP contribution in [-0.2, 0) is 13.1 Å². The Labute approximate surface area is 139 Å². The lowest BCUT2D eigenvalue weighted by molar-refractivity contribution is 0.551. The monoisotopic (exact) mass is 328 g/mol. The molecule has 7 heteroatoms. The number of hydrogen-bond acceptors (Lipinski definition) is 6. The normalized spacial score (nSPS) is 11.2. The van der Waals surface area contributed by atoms with E-state index in [0.29, 0.717) is 0 Å². The van der Waals surface area contributed by atoms with E-state index in [4.69, 9.17) is 0 Å². The van der Waals surface area contributed by atoms with Crippen LogP contribution in [0.3, 0.4) is 0 Å². The van der Waals surface area contributed by atoms with E-state index in [9.17, 15) is 0 Å². The average molecular weight is 328 g/mol. The number of rotatable bonds is 8. The summed E-state index contributed by atoms with van der Waals surface area (Å²) in [5.74, 6) is 1.06. The van der Waals surface area contributed by atoms with Gasteiger partial charge < -0.3 is 5.32 Å². The number of benzene rings is 1. The molecule has 0 aliphatic heterocycles. The van der Waals surface area contributed by atoms with Crippen molar-refractivity contribution in [3.8, 4) is 0 Å². The zero-order valence-corrected chi connectivity index (χ0v) is 14.0. The minimum absolute atomic E-state index is 0.755. The smallest absolute Gasteiger partial charge is 0.187 e. The third-order valence-corrected chi connectivity index (χ3v) is 4.45. The largest absolute Gasteiger partial charge is 0.311 e. The van der Waals surface area contributed by atoms with E-state index in [2.05, 4.69) is 32.5 Å². The highest BCUT2D eigenvalue weighted by Crippen LogP contribution is 2.12. The van der Waals surface area contributed by atoms with Gasteiger partial charge in [-0.25, -0.2) is 14.6 Å². The number of fused-ring (bicyclic) bond motifs is 1. The van der Waals surface area contributed by atoms with Crippen molar-refractivity contribution in [2.45, 2.75) is 31.6 Å². The second kappa shape index (κ2) is 8.03. The Bertz CT molecular complexity index is 740. The number of thioether (sulfide) groups is 1. The molecule has 0 atom stereocenters. The summed E-state index contributed by atoms with van der Waals surface area (Å²) in [5, 5.41) is 12.6. The molecule has 1 aromatic carbocycles. The molecule has 0 radical (unpaired) electrons. The van der Waals surface area contributed by atoms with Gasteiger partial charge in [0.15, 0.2) is 5.16 Å². The van der Waals surface area contributed by atoms with Gasteiger partial charge in [0.1, 0.15) is 5.52 Å². The minimum atomic E-state index is 0.755. The SMILES string of the molecule is CCCSc1ncc(CNCCn2nnc3ccccc32)cn1. The first-order valence-corrected chi connectivity index (χ1v) is 8.78. The van der Waals surface area contributed by atoms with Crippen LogP contribution in [0.4, 0.5) is 0 Å². The van der Waals surface area contributed by atoms with Gasteiger partial charge in [-0.3, -0.25) is 0 Å². The van der Waals surface area contributed by atoms with Gasteiger partial charge in [0, 0.05) is 36.8 Å². The Kier molecular flexibility index (Phi) is 5.55. The van der Waals surface area contributed by atoms with Crippen LogP contribution < -0.4 is 5.32 Å². The summed E-state index contributed by atoms with van der Waals surface area (Å²) in [6.07, 6.45) is 4.92. The molecule has 3 aromatic rings. The first-order valence-electron chi connectivity index (χ1n) is 7.79. The third kappa shape index (κ3) is 4.27. The molecule has 0 fully saturated rings. The highest BCUT2D eigenvalue weighted by atomic mass is 32.2. The Hall–Kier alpha value is -1.99. The van der Waals surface area contributed by atoms with Gasteiger partial charge in [-0.15, -0.1) is 5.10 Å². The van der Waals surface area contributed by atoms with Crippen molar-refractivity contribution in [2.24, 2.45) is 0 Å². The number of hydrogen-bond donors (Lipinski definition) is 1. The Morgan fingerprint density at radius 1 is 1.17 bits per heavy atom. The van der Waals surface area contributed by atoms with E-state index >= 15 is 0 Å². The summed E-state index contributed by atoms with van der Waals surface area (Å²) < 4.78 is 1.92. The first-order chi connectivity index (χ1) is 11.4. The molecule has 23 heavy (non-hydrogen) atoms. The van der Waals surface area contributed by atoms with Gasteiger partial charge >= 0.3 is 0 Å². The van der Waals surface area contributed by atoms with Crippen LogP contribution in [0.25, 0.3) is 11.0 Å². The summed E-state index contributed by atoms with van der Waals surface area (Å²) in [6.45, 7) is 4.51. The molecule has 0 spiro atoms. The number of para-hydroxylation sites is 1. The standard InChI is InChI=1S/C16H20N6S/c1-2-9-23-16-18-11-13(12-19-16)10-17-7-8-22-15-6-4-3-5-14(15)20-21-22/h3-6,11-12,17H,2,7-10H2,1H3. The first kappa shape index (κ1) is 15.9. The van der Waals surface area contributed by atoms with Crippen molar-refractivity contribution in [1.29, 1.82) is 0 Å². The molecule has 0 saturated carbocycles. The number of nitrogens with one attached hydrogen (secondary N) is 1. The van der Waals surface area contributed by atoms with Crippen LogP contribution in [-0.4, -0.2) is 37.3 Å². The molecule has 0 aliphatic rings. The van der Waals surface area contributed by atoms with Gasteiger partial charge in [-0.1, -0.05) is 36.0 Å². The van der Waals surface area contributed by atoms with Crippen molar-refractivity contribution in [2.75, 3.05) is 12.3 Å². The molecular formula is C16H20N6S. The lowest BCUT2D eigenvalue weighted by Gasteiger charge is -2.06. The quantitative estimate of drug-likeness (QED) is 0.389. The fourth-order valence-corrected chi connectivity index (χ4v) is 2.84. The molecule has 0 saturated heterocycles. The van der Waals surface area contributed by atoms with Crippen molar-refractivity contribution in [3.05, 3.63) is 42.2 Å². The van der Waals surface area contributed by atoms with Crippen LogP contribution in [0.15, 0.2) is 41.8 Å². The Balaban J connectivity index is 1.46. The van der Waals surface area contributed by atoms with Gasteiger partial charge in [0.2, 0.25) is 0 Å². The lowest BCUT2D eigenvalue weighted by Crippen LogP contribution is -2.20. The van der Waals surface area contributed by atoms with E-state index in [1.54, 1.807) is 11.8 Å². The van der Waals surface area contributed by atoms with Crippen LogP contribution in [0.2, 0.25) is 0 Å². The van der Waals surface area contributed by atoms with Crippen LogP contribution in [0.5, 0.6) is 0 Å². The van der Waals surface area contributed by atoms with Crippen molar-refractivity contribution in [1.82, 2.24) is 30.3 Å². The molecule has 6 nitrogen and oxygen atoms in total. The molecule has 0 amide bonds. The van der Waals surface area contributed by atoms with Gasteiger partial charge in [0.05, 0.1) is 12.1 Å². The zero-order chi connectivity index (χ0) is 15.9. The highest BCUT2D eigenvalue weighted by molar-refractivity contribution is 7.99. The van der Waals surface area contributed by atoms with E-state index in [0.717, 1.165) is 53.6 Å². The van der Waals surface area contributed by atoms with E-state index in [1.807, 2.05) is 41.3 Å². The van der Waals surface area contributed by atoms with Crippen LogP contribution >= 0.6 is 11.8 Å². The minimum Gasteiger partial charge on any atom is -0.311 e. The molecule has 2 heterocycles. The number of nitrogens with zero attached hydrogens (tertiary/aromatic N) is 5. The maximum atomic E-state index is 4.37. The van der Waals surface area contributed by atoms with E-state index < -0.39 is 0 Å². The number of aromatic nitrogens is 5. The lowest BCUT2D eigenvalue weighted by atomic mass is 10.3. The topological polar surface area (TPSA) is 68.5 Å². The highest BCUT2D eigenvalue weighted by Gasteiger charge is 2.03. The van der Waals surface area contributed by atoms with E-state index in [-0.39, 0.29) is 0 Å². The summed E-state index contributed by atoms with van der Waals surface area (Å²) in [7, 11) is 0. The summed E-state index contributed by atoms with van der Waals surface area (Å²) in [4.78, 5) is 8.74. The van der Waals surface area contributed by atoms with Crippen LogP contribution in [0.1, 0.15) is 18.9 Å². The molecule has 0 unspecified atom stereocenters. The van der Waals surface area contributed by atoms with Crippen molar-refractivity contribution < 1.29 is 0 Å². The maximum Gasteiger partial charge on any atom is 0.187 e. The summed E-state index contributed by atoms with van der Waals surface area (Å²) in [5.41, 5.74) is 3.09. The van der Waals surface area contributed by atoms with Crippen LogP contribution in [0, 0.1) is 0 Å². The van der Waals surface area contributed by atoms with Gasteiger partial charge in [0.25, 0.3) is 0 Å². The van der Waals surface area contributed by atoms with Crippen molar-refractivity contribution >= 4 is 22.8 Å². The molecule has 0 bridgehead atoms. The molecule has 3 rings (SSSR count). The molecule has 0 aliphatic carbocycles. The Morgan fingerprint density at radius 2 is 2.00 bits per heavy atom. The second-order valence-corrected chi connectivity index (χ2v) is 6.26. The third-order valence-electron chi connectivity index (χ3n) is 3.37. The average Bonchev–Trinajstić information content (AvgIpc) is 3.01. The van der Waals surface area contributed by atoms with Gasteiger partial charge in [-0.05, 0) is 18.6 Å². The summed E-state index contributed by atoms with van der Waals surface area (Å²) >= 11 is 1.70. The van der Waals surface area contributed by atoms with Gasteiger partial charge in [-0.2, -0.15) is 0 Å². The second-order valence-electron chi connectivity index (χ2n) is 5.20. The molecule has 1 N–H and O–H groups in total. The fraction of sp³-hybridized carbons (Fsp3) is 0.375. The zero-order valence-electron chi connectivity index (χ0n) is 13.1. The predicted octanol–water partition coefficient (Wildman–Crippen LogP) is 2.51. The molecule has 120 valence electrons. The fourth-order valence-electron chi connectivity index (χ4n) is 2.20. The van der Waals surface area contributed by atoms with Crippen molar-refractivity contribution in [3.63, 3.8) is 0 Å². The predicted molar refractivity (Wildman–Crippen MR) is 92.3 cm³/mol. The molecule has 2 aromatic heterocycles. The Morgan fingerprint density at radius 3 is 2.83 bits per heavy atom. The summed E-state index contributed by atoms with van der Waals surface area (Å²) in [6, 6.07) is 7.99. The van der Waals surface area contributed by atoms with E-state index in [1.165, 1.54) is 0 Å². The maximum absolute atomic E-state index is 4.37.